The van der Waals surface area contributed by atoms with Gasteiger partial charge in [0.15, 0.2) is 0 Å². The van der Waals surface area contributed by atoms with Crippen molar-refractivity contribution in [2.24, 2.45) is 5.92 Å². The standard InChI is InChI=1S/C11H22N2O2/c1-9(11(14)15-3)8-13(2)10-4-6-12-7-5-10/h9-10,12H,4-8H2,1-3H3. The topological polar surface area (TPSA) is 41.6 Å². The van der Waals surface area contributed by atoms with Crippen LogP contribution in [0.2, 0.25) is 0 Å². The van der Waals surface area contributed by atoms with Crippen molar-refractivity contribution in [2.45, 2.75) is 25.8 Å². The zero-order valence-corrected chi connectivity index (χ0v) is 9.95. The Balaban J connectivity index is 2.33. The second-order valence-electron chi connectivity index (χ2n) is 4.34. The molecule has 0 bridgehead atoms. The van der Waals surface area contributed by atoms with Gasteiger partial charge in [0.25, 0.3) is 0 Å². The maximum Gasteiger partial charge on any atom is 0.309 e. The molecule has 88 valence electrons. The summed E-state index contributed by atoms with van der Waals surface area (Å²) in [5.41, 5.74) is 0. The molecule has 0 aromatic carbocycles. The third-order valence-electron chi connectivity index (χ3n) is 3.10. The molecule has 1 aliphatic heterocycles. The Morgan fingerprint density at radius 2 is 2.13 bits per heavy atom. The van der Waals surface area contributed by atoms with Crippen LogP contribution in [0.3, 0.4) is 0 Å². The molecular formula is C11H22N2O2. The molecule has 4 nitrogen and oxygen atoms in total. The lowest BCUT2D eigenvalue weighted by atomic mass is 10.0. The maximum absolute atomic E-state index is 11.3. The number of ether oxygens (including phenoxy) is 1. The zero-order valence-electron chi connectivity index (χ0n) is 9.95. The van der Waals surface area contributed by atoms with Crippen LogP contribution in [0.1, 0.15) is 19.8 Å². The van der Waals surface area contributed by atoms with Gasteiger partial charge < -0.3 is 15.0 Å². The van der Waals surface area contributed by atoms with Crippen LogP contribution in [0.4, 0.5) is 0 Å². The van der Waals surface area contributed by atoms with Crippen molar-refractivity contribution in [2.75, 3.05) is 33.8 Å². The first-order chi connectivity index (χ1) is 7.15. The van der Waals surface area contributed by atoms with E-state index < -0.39 is 0 Å². The van der Waals surface area contributed by atoms with Crippen LogP contribution in [0.15, 0.2) is 0 Å². The first kappa shape index (κ1) is 12.5. The van der Waals surface area contributed by atoms with Crippen LogP contribution in [0, 0.1) is 5.92 Å². The average molecular weight is 214 g/mol. The maximum atomic E-state index is 11.3. The zero-order chi connectivity index (χ0) is 11.3. The van der Waals surface area contributed by atoms with Crippen molar-refractivity contribution < 1.29 is 9.53 Å². The fraction of sp³-hybridized carbons (Fsp3) is 0.909. The van der Waals surface area contributed by atoms with Crippen molar-refractivity contribution in [3.8, 4) is 0 Å². The summed E-state index contributed by atoms with van der Waals surface area (Å²) in [7, 11) is 3.54. The Kier molecular flexibility index (Phi) is 5.05. The molecule has 1 heterocycles. The van der Waals surface area contributed by atoms with Crippen LogP contribution >= 0.6 is 0 Å². The highest BCUT2D eigenvalue weighted by molar-refractivity contribution is 5.72. The summed E-state index contributed by atoms with van der Waals surface area (Å²) < 4.78 is 4.72. The third kappa shape index (κ3) is 3.80. The number of esters is 1. The molecular weight excluding hydrogens is 192 g/mol. The summed E-state index contributed by atoms with van der Waals surface area (Å²) in [4.78, 5) is 13.5. The van der Waals surface area contributed by atoms with Gasteiger partial charge in [-0.3, -0.25) is 4.79 Å². The van der Waals surface area contributed by atoms with E-state index in [1.807, 2.05) is 6.92 Å². The van der Waals surface area contributed by atoms with Gasteiger partial charge in [-0.25, -0.2) is 0 Å². The highest BCUT2D eigenvalue weighted by Crippen LogP contribution is 2.12. The van der Waals surface area contributed by atoms with Gasteiger partial charge >= 0.3 is 5.97 Å². The molecule has 15 heavy (non-hydrogen) atoms. The summed E-state index contributed by atoms with van der Waals surface area (Å²) in [6.07, 6.45) is 2.34. The van der Waals surface area contributed by atoms with E-state index in [4.69, 9.17) is 4.74 Å². The Hall–Kier alpha value is -0.610. The molecule has 0 aromatic heterocycles. The average Bonchev–Trinajstić information content (AvgIpc) is 2.29. The van der Waals surface area contributed by atoms with E-state index in [-0.39, 0.29) is 11.9 Å². The molecule has 0 radical (unpaired) electrons. The summed E-state index contributed by atoms with van der Waals surface area (Å²) >= 11 is 0. The Bertz CT molecular complexity index is 203. The van der Waals surface area contributed by atoms with Crippen molar-refractivity contribution in [1.82, 2.24) is 10.2 Å². The lowest BCUT2D eigenvalue weighted by Crippen LogP contribution is -2.43. The second kappa shape index (κ2) is 6.08. The summed E-state index contributed by atoms with van der Waals surface area (Å²) in [6.45, 7) is 4.88. The molecule has 0 aliphatic carbocycles. The van der Waals surface area contributed by atoms with Crippen molar-refractivity contribution in [1.29, 1.82) is 0 Å². The highest BCUT2D eigenvalue weighted by Gasteiger charge is 2.22. The number of rotatable bonds is 4. The van der Waals surface area contributed by atoms with Crippen molar-refractivity contribution >= 4 is 5.97 Å². The molecule has 1 unspecified atom stereocenters. The number of nitrogens with one attached hydrogen (secondary N) is 1. The first-order valence-electron chi connectivity index (χ1n) is 5.64. The SMILES string of the molecule is COC(=O)C(C)CN(C)C1CCNCC1. The van der Waals surface area contributed by atoms with Gasteiger partial charge in [-0.05, 0) is 33.0 Å². The number of hydrogen-bond acceptors (Lipinski definition) is 4. The molecule has 0 saturated carbocycles. The van der Waals surface area contributed by atoms with Gasteiger partial charge in [0, 0.05) is 12.6 Å². The number of nitrogens with zero attached hydrogens (tertiary/aromatic N) is 1. The molecule has 1 atom stereocenters. The predicted molar refractivity (Wildman–Crippen MR) is 59.7 cm³/mol. The van der Waals surface area contributed by atoms with E-state index in [0.29, 0.717) is 6.04 Å². The molecule has 4 heteroatoms. The predicted octanol–water partition coefficient (Wildman–Crippen LogP) is 0.479. The van der Waals surface area contributed by atoms with E-state index in [9.17, 15) is 4.79 Å². The molecule has 1 fully saturated rings. The number of piperidine rings is 1. The molecule has 1 aliphatic rings. The molecule has 1 saturated heterocycles. The van der Waals surface area contributed by atoms with Crippen LogP contribution < -0.4 is 5.32 Å². The van der Waals surface area contributed by atoms with Crippen LogP contribution in [0.5, 0.6) is 0 Å². The van der Waals surface area contributed by atoms with Crippen molar-refractivity contribution in [3.05, 3.63) is 0 Å². The number of methoxy groups -OCH3 is 1. The van der Waals surface area contributed by atoms with Crippen LogP contribution in [-0.2, 0) is 9.53 Å². The minimum atomic E-state index is -0.115. The van der Waals surface area contributed by atoms with E-state index in [2.05, 4.69) is 17.3 Å². The second-order valence-corrected chi connectivity index (χ2v) is 4.34. The van der Waals surface area contributed by atoms with Gasteiger partial charge in [0.2, 0.25) is 0 Å². The third-order valence-corrected chi connectivity index (χ3v) is 3.10. The number of carbonyl (C=O) groups is 1. The lowest BCUT2D eigenvalue weighted by Gasteiger charge is -2.32. The van der Waals surface area contributed by atoms with Crippen LogP contribution in [0.25, 0.3) is 0 Å². The van der Waals surface area contributed by atoms with Gasteiger partial charge in [0.05, 0.1) is 13.0 Å². The Morgan fingerprint density at radius 1 is 1.53 bits per heavy atom. The van der Waals surface area contributed by atoms with Crippen LogP contribution in [-0.4, -0.2) is 50.7 Å². The fourth-order valence-corrected chi connectivity index (χ4v) is 2.10. The molecule has 1 rings (SSSR count). The fourth-order valence-electron chi connectivity index (χ4n) is 2.10. The Morgan fingerprint density at radius 3 is 2.67 bits per heavy atom. The first-order valence-corrected chi connectivity index (χ1v) is 5.64. The van der Waals surface area contributed by atoms with E-state index in [1.54, 1.807) is 0 Å². The van der Waals surface area contributed by atoms with E-state index >= 15 is 0 Å². The van der Waals surface area contributed by atoms with Gasteiger partial charge in [-0.1, -0.05) is 6.92 Å². The van der Waals surface area contributed by atoms with E-state index in [1.165, 1.54) is 20.0 Å². The monoisotopic (exact) mass is 214 g/mol. The smallest absolute Gasteiger partial charge is 0.309 e. The molecule has 1 N–H and O–H groups in total. The highest BCUT2D eigenvalue weighted by atomic mass is 16.5. The van der Waals surface area contributed by atoms with Crippen molar-refractivity contribution in [3.63, 3.8) is 0 Å². The number of hydrogen-bond donors (Lipinski definition) is 1. The lowest BCUT2D eigenvalue weighted by molar-refractivity contribution is -0.145. The van der Waals surface area contributed by atoms with Gasteiger partial charge in [0.1, 0.15) is 0 Å². The van der Waals surface area contributed by atoms with E-state index in [0.717, 1.165) is 19.6 Å². The number of carbonyl (C=O) groups excluding carboxylic acids is 1. The molecule has 0 amide bonds. The van der Waals surface area contributed by atoms with Gasteiger partial charge in [-0.2, -0.15) is 0 Å². The summed E-state index contributed by atoms with van der Waals surface area (Å²) in [6, 6.07) is 0.610. The minimum absolute atomic E-state index is 0.0325. The summed E-state index contributed by atoms with van der Waals surface area (Å²) in [5, 5.41) is 3.34. The summed E-state index contributed by atoms with van der Waals surface area (Å²) in [5.74, 6) is -0.148. The normalized spacial score (nSPS) is 20.3. The molecule has 0 aromatic rings. The minimum Gasteiger partial charge on any atom is -0.469 e. The van der Waals surface area contributed by atoms with Gasteiger partial charge in [-0.15, -0.1) is 0 Å². The quantitative estimate of drug-likeness (QED) is 0.691. The molecule has 0 spiro atoms. The Labute approximate surface area is 92.0 Å². The largest absolute Gasteiger partial charge is 0.469 e.